The summed E-state index contributed by atoms with van der Waals surface area (Å²) < 4.78 is 30.7. The normalized spacial score (nSPS) is 11.0. The summed E-state index contributed by atoms with van der Waals surface area (Å²) in [5, 5.41) is 13.5. The number of aromatic nitrogens is 4. The molecule has 0 aliphatic heterocycles. The van der Waals surface area contributed by atoms with Crippen molar-refractivity contribution in [3.05, 3.63) is 66.5 Å². The molecule has 0 atom stereocenters. The van der Waals surface area contributed by atoms with Crippen LogP contribution in [0.15, 0.2) is 60.9 Å². The van der Waals surface area contributed by atoms with E-state index in [1.165, 1.54) is 29.2 Å². The summed E-state index contributed by atoms with van der Waals surface area (Å²) in [5.74, 6) is -0.413. The fourth-order valence-electron chi connectivity index (χ4n) is 2.15. The Labute approximate surface area is 146 Å². The number of hydrogen-bond acceptors (Lipinski definition) is 5. The first-order chi connectivity index (χ1) is 12.6. The highest BCUT2D eigenvalue weighted by molar-refractivity contribution is 6.02. The Bertz CT molecular complexity index is 896. The van der Waals surface area contributed by atoms with Crippen molar-refractivity contribution in [2.24, 2.45) is 0 Å². The summed E-state index contributed by atoms with van der Waals surface area (Å²) in [4.78, 5) is 12.0. The van der Waals surface area contributed by atoms with E-state index in [1.54, 1.807) is 42.5 Å². The van der Waals surface area contributed by atoms with E-state index in [0.717, 1.165) is 5.69 Å². The summed E-state index contributed by atoms with van der Waals surface area (Å²) in [6, 6.07) is 13.1. The molecule has 1 amide bonds. The van der Waals surface area contributed by atoms with Crippen molar-refractivity contribution in [3.8, 4) is 11.4 Å². The maximum absolute atomic E-state index is 12.4. The molecule has 2 aromatic carbocycles. The number of alkyl halides is 2. The van der Waals surface area contributed by atoms with Crippen LogP contribution in [-0.4, -0.2) is 32.7 Å². The molecular weight excluding hydrogens is 344 g/mol. The Hall–Kier alpha value is -3.62. The van der Waals surface area contributed by atoms with Crippen LogP contribution in [0.25, 0.3) is 11.8 Å². The molecule has 0 saturated heterocycles. The Morgan fingerprint density at radius 1 is 1.15 bits per heavy atom. The average molecular weight is 357 g/mol. The Kier molecular flexibility index (Phi) is 5.28. The lowest BCUT2D eigenvalue weighted by molar-refractivity contribution is -0.111. The Morgan fingerprint density at radius 3 is 2.62 bits per heavy atom. The minimum absolute atomic E-state index is 0.00246. The topological polar surface area (TPSA) is 81.9 Å². The first-order valence-corrected chi connectivity index (χ1v) is 7.48. The molecular formula is C17H13F2N5O2. The zero-order valence-electron chi connectivity index (χ0n) is 13.3. The molecule has 3 rings (SSSR count). The van der Waals surface area contributed by atoms with Gasteiger partial charge < -0.3 is 10.1 Å². The number of para-hydroxylation sites is 1. The molecule has 0 aliphatic rings. The third-order valence-corrected chi connectivity index (χ3v) is 3.30. The van der Waals surface area contributed by atoms with Crippen molar-refractivity contribution in [2.75, 3.05) is 5.32 Å². The zero-order chi connectivity index (χ0) is 18.4. The van der Waals surface area contributed by atoms with Crippen LogP contribution >= 0.6 is 0 Å². The smallest absolute Gasteiger partial charge is 0.387 e. The standard InChI is InChI=1S/C17H13F2N5O2/c18-17(19)26-15-4-2-1-3-12(15)5-10-16(25)21-13-6-8-14(9-7-13)24-11-20-22-23-24/h1-11,17H,(H,21,25). The van der Waals surface area contributed by atoms with Crippen molar-refractivity contribution in [1.29, 1.82) is 0 Å². The van der Waals surface area contributed by atoms with Crippen LogP contribution in [0.4, 0.5) is 14.5 Å². The minimum Gasteiger partial charge on any atom is -0.434 e. The molecule has 1 aromatic heterocycles. The van der Waals surface area contributed by atoms with Gasteiger partial charge in [0, 0.05) is 17.3 Å². The zero-order valence-corrected chi connectivity index (χ0v) is 13.3. The van der Waals surface area contributed by atoms with Gasteiger partial charge in [0.05, 0.1) is 5.69 Å². The number of carbonyl (C=O) groups is 1. The summed E-state index contributed by atoms with van der Waals surface area (Å²) >= 11 is 0. The molecule has 0 saturated carbocycles. The first kappa shape index (κ1) is 17.2. The molecule has 3 aromatic rings. The van der Waals surface area contributed by atoms with Crippen molar-refractivity contribution in [1.82, 2.24) is 20.2 Å². The van der Waals surface area contributed by atoms with E-state index in [2.05, 4.69) is 25.6 Å². The van der Waals surface area contributed by atoms with Gasteiger partial charge in [-0.3, -0.25) is 4.79 Å². The number of nitrogens with zero attached hydrogens (tertiary/aromatic N) is 4. The molecule has 1 heterocycles. The summed E-state index contributed by atoms with van der Waals surface area (Å²) in [7, 11) is 0. The van der Waals surface area contributed by atoms with E-state index in [0.29, 0.717) is 11.3 Å². The Morgan fingerprint density at radius 2 is 1.92 bits per heavy atom. The summed E-state index contributed by atoms with van der Waals surface area (Å²) in [6.07, 6.45) is 4.10. The molecule has 0 spiro atoms. The summed E-state index contributed by atoms with van der Waals surface area (Å²) in [6.45, 7) is -2.93. The van der Waals surface area contributed by atoms with E-state index in [-0.39, 0.29) is 5.75 Å². The second-order valence-corrected chi connectivity index (χ2v) is 5.04. The maximum atomic E-state index is 12.4. The van der Waals surface area contributed by atoms with Gasteiger partial charge in [0.2, 0.25) is 5.91 Å². The highest BCUT2D eigenvalue weighted by Gasteiger charge is 2.07. The number of nitrogens with one attached hydrogen (secondary N) is 1. The SMILES string of the molecule is O=C(C=Cc1ccccc1OC(F)F)Nc1ccc(-n2cnnn2)cc1. The lowest BCUT2D eigenvalue weighted by Gasteiger charge is -2.07. The molecule has 0 bridgehead atoms. The third-order valence-electron chi connectivity index (χ3n) is 3.30. The molecule has 0 aliphatic carbocycles. The van der Waals surface area contributed by atoms with E-state index in [1.807, 2.05) is 0 Å². The molecule has 132 valence electrons. The van der Waals surface area contributed by atoms with Crippen molar-refractivity contribution < 1.29 is 18.3 Å². The predicted molar refractivity (Wildman–Crippen MR) is 89.9 cm³/mol. The van der Waals surface area contributed by atoms with Crippen LogP contribution in [0.5, 0.6) is 5.75 Å². The quantitative estimate of drug-likeness (QED) is 0.686. The molecule has 0 unspecified atom stereocenters. The Balaban J connectivity index is 1.65. The van der Waals surface area contributed by atoms with E-state index in [4.69, 9.17) is 0 Å². The van der Waals surface area contributed by atoms with Crippen molar-refractivity contribution in [2.45, 2.75) is 6.61 Å². The van der Waals surface area contributed by atoms with Gasteiger partial charge in [0.25, 0.3) is 0 Å². The third kappa shape index (κ3) is 4.47. The number of anilines is 1. The van der Waals surface area contributed by atoms with Crippen molar-refractivity contribution in [3.63, 3.8) is 0 Å². The van der Waals surface area contributed by atoms with Crippen LogP contribution in [-0.2, 0) is 4.79 Å². The number of ether oxygens (including phenoxy) is 1. The fourth-order valence-corrected chi connectivity index (χ4v) is 2.15. The molecule has 26 heavy (non-hydrogen) atoms. The highest BCUT2D eigenvalue weighted by Crippen LogP contribution is 2.21. The molecule has 7 nitrogen and oxygen atoms in total. The molecule has 0 fully saturated rings. The van der Waals surface area contributed by atoms with E-state index < -0.39 is 12.5 Å². The largest absolute Gasteiger partial charge is 0.434 e. The van der Waals surface area contributed by atoms with Crippen LogP contribution in [0.1, 0.15) is 5.56 Å². The number of rotatable bonds is 6. The second kappa shape index (κ2) is 7.97. The van der Waals surface area contributed by atoms with Gasteiger partial charge in [0.1, 0.15) is 12.1 Å². The van der Waals surface area contributed by atoms with Gasteiger partial charge in [-0.2, -0.15) is 8.78 Å². The lowest BCUT2D eigenvalue weighted by atomic mass is 10.2. The van der Waals surface area contributed by atoms with Gasteiger partial charge >= 0.3 is 6.61 Å². The van der Waals surface area contributed by atoms with Crippen LogP contribution in [0, 0.1) is 0 Å². The van der Waals surface area contributed by atoms with Gasteiger partial charge in [-0.05, 0) is 46.8 Å². The second-order valence-electron chi connectivity index (χ2n) is 5.04. The van der Waals surface area contributed by atoms with Crippen LogP contribution in [0.3, 0.4) is 0 Å². The predicted octanol–water partition coefficient (Wildman–Crippen LogP) is 2.92. The molecule has 1 N–H and O–H groups in total. The van der Waals surface area contributed by atoms with Gasteiger partial charge in [-0.1, -0.05) is 18.2 Å². The number of benzene rings is 2. The van der Waals surface area contributed by atoms with Gasteiger partial charge in [0.15, 0.2) is 0 Å². The minimum atomic E-state index is -2.93. The number of amides is 1. The summed E-state index contributed by atoms with van der Waals surface area (Å²) in [5.41, 5.74) is 1.67. The lowest BCUT2D eigenvalue weighted by Crippen LogP contribution is -2.08. The fraction of sp³-hybridized carbons (Fsp3) is 0.0588. The number of carbonyl (C=O) groups excluding carboxylic acids is 1. The number of hydrogen-bond donors (Lipinski definition) is 1. The average Bonchev–Trinajstić information content (AvgIpc) is 3.16. The highest BCUT2D eigenvalue weighted by atomic mass is 19.3. The van der Waals surface area contributed by atoms with Crippen molar-refractivity contribution >= 4 is 17.7 Å². The van der Waals surface area contributed by atoms with Crippen LogP contribution in [0.2, 0.25) is 0 Å². The maximum Gasteiger partial charge on any atom is 0.387 e. The van der Waals surface area contributed by atoms with Gasteiger partial charge in [-0.25, -0.2) is 4.68 Å². The van der Waals surface area contributed by atoms with Crippen LogP contribution < -0.4 is 10.1 Å². The van der Waals surface area contributed by atoms with Gasteiger partial charge in [-0.15, -0.1) is 5.10 Å². The molecule has 9 heteroatoms. The first-order valence-electron chi connectivity index (χ1n) is 7.48. The number of halogens is 2. The number of tetrazole rings is 1. The molecule has 0 radical (unpaired) electrons. The van der Waals surface area contributed by atoms with E-state index in [9.17, 15) is 13.6 Å². The monoisotopic (exact) mass is 357 g/mol. The van der Waals surface area contributed by atoms with E-state index >= 15 is 0 Å².